The number of benzene rings is 1. The van der Waals surface area contributed by atoms with E-state index in [4.69, 9.17) is 4.42 Å². The van der Waals surface area contributed by atoms with Gasteiger partial charge in [-0.15, -0.1) is 0 Å². The second-order valence-electron chi connectivity index (χ2n) is 4.51. The molecule has 0 saturated carbocycles. The molecule has 0 aliphatic carbocycles. The molecule has 0 spiro atoms. The maximum Gasteiger partial charge on any atom is 0.271 e. The molecule has 5 nitrogen and oxygen atoms in total. The molecule has 3 aromatic rings. The van der Waals surface area contributed by atoms with Crippen LogP contribution < -0.4 is 5.43 Å². The van der Waals surface area contributed by atoms with Gasteiger partial charge in [-0.25, -0.2) is 5.43 Å². The summed E-state index contributed by atoms with van der Waals surface area (Å²) in [5.41, 5.74) is 2.94. The Morgan fingerprint density at radius 1 is 1.09 bits per heavy atom. The Kier molecular flexibility index (Phi) is 4.85. The van der Waals surface area contributed by atoms with Gasteiger partial charge in [0.25, 0.3) is 5.91 Å². The van der Waals surface area contributed by atoms with Gasteiger partial charge < -0.3 is 4.42 Å². The number of furan rings is 1. The van der Waals surface area contributed by atoms with Crippen LogP contribution in [0.1, 0.15) is 16.1 Å². The van der Waals surface area contributed by atoms with Gasteiger partial charge in [0.2, 0.25) is 0 Å². The van der Waals surface area contributed by atoms with Gasteiger partial charge in [0.1, 0.15) is 5.76 Å². The van der Waals surface area contributed by atoms with E-state index in [1.165, 1.54) is 18.0 Å². The Labute approximate surface area is 137 Å². The van der Waals surface area contributed by atoms with Gasteiger partial charge >= 0.3 is 0 Å². The van der Waals surface area contributed by atoms with Gasteiger partial charge in [-0.3, -0.25) is 9.78 Å². The van der Waals surface area contributed by atoms with Crippen molar-refractivity contribution in [1.29, 1.82) is 0 Å². The van der Waals surface area contributed by atoms with E-state index < -0.39 is 0 Å². The molecule has 23 heavy (non-hydrogen) atoms. The van der Waals surface area contributed by atoms with Crippen LogP contribution in [0, 0.1) is 0 Å². The lowest BCUT2D eigenvalue weighted by atomic mass is 10.3. The second-order valence-corrected chi connectivity index (χ2v) is 5.58. The molecule has 1 amide bonds. The lowest BCUT2D eigenvalue weighted by Crippen LogP contribution is -2.17. The van der Waals surface area contributed by atoms with E-state index >= 15 is 0 Å². The number of rotatable bonds is 5. The van der Waals surface area contributed by atoms with Crippen molar-refractivity contribution < 1.29 is 9.21 Å². The molecule has 0 atom stereocenters. The highest BCUT2D eigenvalue weighted by Gasteiger charge is 2.04. The lowest BCUT2D eigenvalue weighted by molar-refractivity contribution is 0.0955. The molecule has 0 aliphatic heterocycles. The summed E-state index contributed by atoms with van der Waals surface area (Å²) in [5.74, 6) is 0.271. The number of carbonyl (C=O) groups excluding carboxylic acids is 1. The molecule has 6 heteroatoms. The van der Waals surface area contributed by atoms with Crippen molar-refractivity contribution in [3.8, 4) is 0 Å². The third-order valence-corrected chi connectivity index (χ3v) is 3.79. The molecule has 1 N–H and O–H groups in total. The van der Waals surface area contributed by atoms with Crippen molar-refractivity contribution in [2.75, 3.05) is 0 Å². The Balaban J connectivity index is 1.57. The van der Waals surface area contributed by atoms with E-state index in [9.17, 15) is 4.79 Å². The van der Waals surface area contributed by atoms with Crippen molar-refractivity contribution >= 4 is 23.9 Å². The summed E-state index contributed by atoms with van der Waals surface area (Å²) in [6, 6.07) is 16.8. The monoisotopic (exact) mass is 323 g/mol. The normalized spacial score (nSPS) is 10.8. The fraction of sp³-hybridized carbons (Fsp3) is 0. The molecule has 3 rings (SSSR count). The molecule has 0 radical (unpaired) electrons. The van der Waals surface area contributed by atoms with Gasteiger partial charge in [-0.1, -0.05) is 30.0 Å². The van der Waals surface area contributed by atoms with Crippen LogP contribution in [0.25, 0.3) is 0 Å². The highest BCUT2D eigenvalue weighted by Crippen LogP contribution is 2.28. The fourth-order valence-electron chi connectivity index (χ4n) is 1.79. The molecule has 2 heterocycles. The molecule has 0 bridgehead atoms. The second kappa shape index (κ2) is 7.42. The first kappa shape index (κ1) is 15.1. The van der Waals surface area contributed by atoms with Crippen molar-refractivity contribution in [3.05, 3.63) is 78.3 Å². The van der Waals surface area contributed by atoms with E-state index in [-0.39, 0.29) is 5.91 Å². The zero-order valence-electron chi connectivity index (χ0n) is 12.0. The molecule has 1 aromatic carbocycles. The number of pyridine rings is 1. The molecule has 114 valence electrons. The average molecular weight is 323 g/mol. The summed E-state index contributed by atoms with van der Waals surface area (Å²) in [6.07, 6.45) is 4.57. The first-order valence-electron chi connectivity index (χ1n) is 6.87. The number of hydrogen-bond donors (Lipinski definition) is 1. The van der Waals surface area contributed by atoms with Crippen molar-refractivity contribution in [2.45, 2.75) is 9.99 Å². The summed E-state index contributed by atoms with van der Waals surface area (Å²) in [4.78, 5) is 16.7. The summed E-state index contributed by atoms with van der Waals surface area (Å²) in [7, 11) is 0. The molecule has 2 aromatic heterocycles. The van der Waals surface area contributed by atoms with Gasteiger partial charge in [0.15, 0.2) is 5.09 Å². The molecule has 0 fully saturated rings. The largest absolute Gasteiger partial charge is 0.448 e. The van der Waals surface area contributed by atoms with Gasteiger partial charge in [-0.2, -0.15) is 5.10 Å². The van der Waals surface area contributed by atoms with Gasteiger partial charge in [-0.05, 0) is 36.4 Å². The van der Waals surface area contributed by atoms with Crippen molar-refractivity contribution in [3.63, 3.8) is 0 Å². The molecule has 0 unspecified atom stereocenters. The minimum atomic E-state index is -0.297. The average Bonchev–Trinajstić information content (AvgIpc) is 3.04. The maximum absolute atomic E-state index is 11.8. The summed E-state index contributed by atoms with van der Waals surface area (Å²) >= 11 is 1.52. The zero-order chi connectivity index (χ0) is 15.9. The quantitative estimate of drug-likeness (QED) is 0.575. The first-order valence-corrected chi connectivity index (χ1v) is 7.69. The predicted molar refractivity (Wildman–Crippen MR) is 88.6 cm³/mol. The topological polar surface area (TPSA) is 67.5 Å². The van der Waals surface area contributed by atoms with Crippen LogP contribution in [0.4, 0.5) is 0 Å². The number of amides is 1. The molecular weight excluding hydrogens is 310 g/mol. The van der Waals surface area contributed by atoms with Gasteiger partial charge in [0.05, 0.1) is 6.21 Å². The van der Waals surface area contributed by atoms with Crippen LogP contribution in [0.15, 0.2) is 86.5 Å². The first-order chi connectivity index (χ1) is 11.3. The van der Waals surface area contributed by atoms with Crippen LogP contribution in [0.5, 0.6) is 0 Å². The highest BCUT2D eigenvalue weighted by molar-refractivity contribution is 7.99. The zero-order valence-corrected chi connectivity index (χ0v) is 12.9. The Morgan fingerprint density at radius 2 is 1.87 bits per heavy atom. The van der Waals surface area contributed by atoms with Crippen LogP contribution >= 0.6 is 11.8 Å². The van der Waals surface area contributed by atoms with Crippen LogP contribution in [0.3, 0.4) is 0 Å². The fourth-order valence-corrected chi connectivity index (χ4v) is 2.59. The minimum Gasteiger partial charge on any atom is -0.448 e. The van der Waals surface area contributed by atoms with Crippen LogP contribution in [-0.2, 0) is 0 Å². The standard InChI is InChI=1S/C17H13N3O2S/c21-17(13-8-10-18-11-9-13)20-19-12-14-6-7-16(22-14)23-15-4-2-1-3-5-15/h1-12H,(H,20,21). The Morgan fingerprint density at radius 3 is 2.65 bits per heavy atom. The van der Waals surface area contributed by atoms with Crippen LogP contribution in [0.2, 0.25) is 0 Å². The smallest absolute Gasteiger partial charge is 0.271 e. The number of hydrogen-bond acceptors (Lipinski definition) is 5. The summed E-state index contributed by atoms with van der Waals surface area (Å²) in [6.45, 7) is 0. The van der Waals surface area contributed by atoms with E-state index in [0.717, 1.165) is 9.99 Å². The number of hydrazone groups is 1. The highest BCUT2D eigenvalue weighted by atomic mass is 32.2. The number of nitrogens with one attached hydrogen (secondary N) is 1. The number of nitrogens with zero attached hydrogens (tertiary/aromatic N) is 2. The number of aromatic nitrogens is 1. The number of carbonyl (C=O) groups is 1. The van der Waals surface area contributed by atoms with E-state index in [0.29, 0.717) is 11.3 Å². The maximum atomic E-state index is 11.8. The third kappa shape index (κ3) is 4.31. The predicted octanol–water partition coefficient (Wildman–Crippen LogP) is 3.59. The van der Waals surface area contributed by atoms with E-state index in [1.807, 2.05) is 36.4 Å². The Bertz CT molecular complexity index is 801. The minimum absolute atomic E-state index is 0.297. The van der Waals surface area contributed by atoms with Gasteiger partial charge in [0, 0.05) is 22.9 Å². The van der Waals surface area contributed by atoms with Crippen molar-refractivity contribution in [1.82, 2.24) is 10.4 Å². The molecular formula is C17H13N3O2S. The lowest BCUT2D eigenvalue weighted by Gasteiger charge is -1.98. The Hall–Kier alpha value is -2.86. The summed E-state index contributed by atoms with van der Waals surface area (Å²) < 4.78 is 5.63. The third-order valence-electron chi connectivity index (χ3n) is 2.86. The molecule has 0 saturated heterocycles. The van der Waals surface area contributed by atoms with Crippen LogP contribution in [-0.4, -0.2) is 17.1 Å². The van der Waals surface area contributed by atoms with E-state index in [1.54, 1.807) is 30.6 Å². The molecule has 0 aliphatic rings. The SMILES string of the molecule is O=C(NN=Cc1ccc(Sc2ccccc2)o1)c1ccncc1. The van der Waals surface area contributed by atoms with Crippen molar-refractivity contribution in [2.24, 2.45) is 5.10 Å². The van der Waals surface area contributed by atoms with E-state index in [2.05, 4.69) is 15.5 Å². The summed E-state index contributed by atoms with van der Waals surface area (Å²) in [5, 5.41) is 4.65.